The first kappa shape index (κ1) is 12.5. The Morgan fingerprint density at radius 2 is 2.06 bits per heavy atom. The van der Waals surface area contributed by atoms with Gasteiger partial charge >= 0.3 is 6.09 Å². The SMILES string of the molecule is CC(C)COC(=O)N1CCc2cc(O)c(O)cc21. The Labute approximate surface area is 106 Å². The zero-order valence-corrected chi connectivity index (χ0v) is 10.5. The van der Waals surface area contributed by atoms with E-state index < -0.39 is 6.09 Å². The van der Waals surface area contributed by atoms with Crippen LogP contribution in [0.2, 0.25) is 0 Å². The van der Waals surface area contributed by atoms with Gasteiger partial charge in [-0.25, -0.2) is 4.79 Å². The number of carbonyl (C=O) groups excluding carboxylic acids is 1. The van der Waals surface area contributed by atoms with Crippen LogP contribution >= 0.6 is 0 Å². The summed E-state index contributed by atoms with van der Waals surface area (Å²) in [6, 6.07) is 2.88. The monoisotopic (exact) mass is 251 g/mol. The van der Waals surface area contributed by atoms with Gasteiger partial charge in [0.25, 0.3) is 0 Å². The molecule has 0 aliphatic carbocycles. The molecule has 0 unspecified atom stereocenters. The van der Waals surface area contributed by atoms with Gasteiger partial charge < -0.3 is 14.9 Å². The molecule has 5 nitrogen and oxygen atoms in total. The first-order valence-electron chi connectivity index (χ1n) is 5.98. The molecule has 0 spiro atoms. The van der Waals surface area contributed by atoms with Crippen molar-refractivity contribution in [2.75, 3.05) is 18.1 Å². The topological polar surface area (TPSA) is 70.0 Å². The standard InChI is InChI=1S/C13H17NO4/c1-8(2)7-18-13(17)14-4-3-9-5-11(15)12(16)6-10(9)14/h5-6,8,15-16H,3-4,7H2,1-2H3. The molecule has 0 saturated heterocycles. The van der Waals surface area contributed by atoms with Crippen LogP contribution in [0.1, 0.15) is 19.4 Å². The summed E-state index contributed by atoms with van der Waals surface area (Å²) >= 11 is 0. The molecule has 0 bridgehead atoms. The van der Waals surface area contributed by atoms with E-state index in [0.29, 0.717) is 25.3 Å². The Morgan fingerprint density at radius 1 is 1.39 bits per heavy atom. The van der Waals surface area contributed by atoms with E-state index in [-0.39, 0.29) is 17.4 Å². The van der Waals surface area contributed by atoms with Crippen LogP contribution in [0.5, 0.6) is 11.5 Å². The molecule has 1 aromatic carbocycles. The number of nitrogens with zero attached hydrogens (tertiary/aromatic N) is 1. The average molecular weight is 251 g/mol. The number of phenolic OH excluding ortho intramolecular Hbond substituents is 2. The summed E-state index contributed by atoms with van der Waals surface area (Å²) in [7, 11) is 0. The minimum atomic E-state index is -0.410. The molecule has 1 aliphatic heterocycles. The summed E-state index contributed by atoms with van der Waals surface area (Å²) in [6.07, 6.45) is 0.243. The minimum absolute atomic E-state index is 0.161. The molecule has 1 heterocycles. The van der Waals surface area contributed by atoms with Gasteiger partial charge in [0.2, 0.25) is 0 Å². The molecule has 0 saturated carbocycles. The van der Waals surface area contributed by atoms with E-state index in [1.807, 2.05) is 13.8 Å². The van der Waals surface area contributed by atoms with Crippen LogP contribution in [-0.2, 0) is 11.2 Å². The average Bonchev–Trinajstić information content (AvgIpc) is 2.69. The molecular weight excluding hydrogens is 234 g/mol. The number of aromatic hydroxyl groups is 2. The number of carbonyl (C=O) groups is 1. The summed E-state index contributed by atoms with van der Waals surface area (Å²) in [6.45, 7) is 4.81. The van der Waals surface area contributed by atoms with Crippen LogP contribution in [0.3, 0.4) is 0 Å². The van der Waals surface area contributed by atoms with E-state index in [1.54, 1.807) is 0 Å². The third-order valence-electron chi connectivity index (χ3n) is 2.83. The zero-order chi connectivity index (χ0) is 13.3. The summed E-state index contributed by atoms with van der Waals surface area (Å²) in [4.78, 5) is 13.4. The van der Waals surface area contributed by atoms with Gasteiger partial charge in [-0.15, -0.1) is 0 Å². The molecule has 0 radical (unpaired) electrons. The van der Waals surface area contributed by atoms with Crippen molar-refractivity contribution in [1.82, 2.24) is 0 Å². The predicted molar refractivity (Wildman–Crippen MR) is 67.0 cm³/mol. The second kappa shape index (κ2) is 4.76. The first-order chi connectivity index (χ1) is 8.49. The van der Waals surface area contributed by atoms with Crippen LogP contribution in [0.25, 0.3) is 0 Å². The van der Waals surface area contributed by atoms with Gasteiger partial charge in [0.1, 0.15) is 0 Å². The molecule has 2 N–H and O–H groups in total. The fraction of sp³-hybridized carbons (Fsp3) is 0.462. The number of hydrogen-bond donors (Lipinski definition) is 2. The molecule has 0 atom stereocenters. The maximum atomic E-state index is 11.9. The third-order valence-corrected chi connectivity index (χ3v) is 2.83. The lowest BCUT2D eigenvalue weighted by molar-refractivity contribution is 0.140. The highest BCUT2D eigenvalue weighted by Crippen LogP contribution is 2.37. The van der Waals surface area contributed by atoms with E-state index in [1.165, 1.54) is 17.0 Å². The highest BCUT2D eigenvalue weighted by Gasteiger charge is 2.27. The minimum Gasteiger partial charge on any atom is -0.504 e. The molecule has 98 valence electrons. The Balaban J connectivity index is 2.16. The lowest BCUT2D eigenvalue weighted by atomic mass is 10.1. The number of benzene rings is 1. The normalized spacial score (nSPS) is 13.8. The van der Waals surface area contributed by atoms with Crippen molar-refractivity contribution in [3.8, 4) is 11.5 Å². The van der Waals surface area contributed by atoms with Gasteiger partial charge in [0.05, 0.1) is 12.3 Å². The molecule has 18 heavy (non-hydrogen) atoms. The van der Waals surface area contributed by atoms with E-state index >= 15 is 0 Å². The summed E-state index contributed by atoms with van der Waals surface area (Å²) in [5.41, 5.74) is 1.45. The largest absolute Gasteiger partial charge is 0.504 e. The lowest BCUT2D eigenvalue weighted by Crippen LogP contribution is -2.30. The van der Waals surface area contributed by atoms with Crippen LogP contribution in [0.4, 0.5) is 10.5 Å². The van der Waals surface area contributed by atoms with Gasteiger partial charge in [0, 0.05) is 12.6 Å². The van der Waals surface area contributed by atoms with Crippen LogP contribution in [-0.4, -0.2) is 29.5 Å². The molecule has 0 aromatic heterocycles. The molecule has 1 amide bonds. The zero-order valence-electron chi connectivity index (χ0n) is 10.5. The second-order valence-corrected chi connectivity index (χ2v) is 4.84. The Kier molecular flexibility index (Phi) is 3.32. The van der Waals surface area contributed by atoms with Crippen molar-refractivity contribution in [3.63, 3.8) is 0 Å². The smallest absolute Gasteiger partial charge is 0.414 e. The number of rotatable bonds is 2. The second-order valence-electron chi connectivity index (χ2n) is 4.84. The molecular formula is C13H17NO4. The maximum Gasteiger partial charge on any atom is 0.414 e. The van der Waals surface area contributed by atoms with Crippen LogP contribution < -0.4 is 4.90 Å². The van der Waals surface area contributed by atoms with Crippen molar-refractivity contribution >= 4 is 11.8 Å². The van der Waals surface area contributed by atoms with Crippen molar-refractivity contribution in [2.45, 2.75) is 20.3 Å². The van der Waals surface area contributed by atoms with E-state index in [0.717, 1.165) is 5.56 Å². The Morgan fingerprint density at radius 3 is 2.72 bits per heavy atom. The molecule has 2 rings (SSSR count). The van der Waals surface area contributed by atoms with Crippen molar-refractivity contribution in [1.29, 1.82) is 0 Å². The molecule has 1 aromatic rings. The molecule has 0 fully saturated rings. The van der Waals surface area contributed by atoms with Gasteiger partial charge in [-0.05, 0) is 24.0 Å². The Bertz CT molecular complexity index is 470. The number of ether oxygens (including phenoxy) is 1. The third kappa shape index (κ3) is 2.34. The van der Waals surface area contributed by atoms with Gasteiger partial charge in [-0.1, -0.05) is 13.8 Å². The number of hydrogen-bond acceptors (Lipinski definition) is 4. The van der Waals surface area contributed by atoms with Crippen molar-refractivity contribution in [2.24, 2.45) is 5.92 Å². The summed E-state index contributed by atoms with van der Waals surface area (Å²) in [5.74, 6) is -0.104. The maximum absolute atomic E-state index is 11.9. The molecule has 1 aliphatic rings. The highest BCUT2D eigenvalue weighted by molar-refractivity contribution is 5.91. The van der Waals surface area contributed by atoms with Crippen LogP contribution in [0.15, 0.2) is 12.1 Å². The lowest BCUT2D eigenvalue weighted by Gasteiger charge is -2.18. The van der Waals surface area contributed by atoms with Gasteiger partial charge in [0.15, 0.2) is 11.5 Å². The summed E-state index contributed by atoms with van der Waals surface area (Å²) < 4.78 is 5.16. The van der Waals surface area contributed by atoms with Crippen molar-refractivity contribution in [3.05, 3.63) is 17.7 Å². The van der Waals surface area contributed by atoms with Crippen LogP contribution in [0, 0.1) is 5.92 Å². The number of amides is 1. The van der Waals surface area contributed by atoms with Gasteiger partial charge in [-0.3, -0.25) is 4.90 Å². The molecule has 5 heteroatoms. The van der Waals surface area contributed by atoms with E-state index in [9.17, 15) is 15.0 Å². The number of phenols is 2. The fourth-order valence-corrected chi connectivity index (χ4v) is 1.92. The number of fused-ring (bicyclic) bond motifs is 1. The van der Waals surface area contributed by atoms with Crippen molar-refractivity contribution < 1.29 is 19.7 Å². The van der Waals surface area contributed by atoms with E-state index in [4.69, 9.17) is 4.74 Å². The predicted octanol–water partition coefficient (Wildman–Crippen LogP) is 2.25. The summed E-state index contributed by atoms with van der Waals surface area (Å²) in [5, 5.41) is 18.9. The quantitative estimate of drug-likeness (QED) is 0.791. The van der Waals surface area contributed by atoms with Gasteiger partial charge in [-0.2, -0.15) is 0 Å². The fourth-order valence-electron chi connectivity index (χ4n) is 1.92. The Hall–Kier alpha value is -1.91. The first-order valence-corrected chi connectivity index (χ1v) is 5.98. The number of anilines is 1. The highest BCUT2D eigenvalue weighted by atomic mass is 16.6. The van der Waals surface area contributed by atoms with E-state index in [2.05, 4.69) is 0 Å².